The lowest BCUT2D eigenvalue weighted by Crippen LogP contribution is -1.99. The van der Waals surface area contributed by atoms with Gasteiger partial charge in [-0.1, -0.05) is 40.2 Å². The van der Waals surface area contributed by atoms with Gasteiger partial charge in [0.2, 0.25) is 5.88 Å². The second-order valence-electron chi connectivity index (χ2n) is 4.56. The summed E-state index contributed by atoms with van der Waals surface area (Å²) >= 11 is 3.57. The zero-order chi connectivity index (χ0) is 14.8. The smallest absolute Gasteiger partial charge is 0.238 e. The van der Waals surface area contributed by atoms with Gasteiger partial charge < -0.3 is 15.8 Å². The van der Waals surface area contributed by atoms with E-state index in [1.165, 1.54) is 0 Å². The Bertz CT molecular complexity index is 805. The number of nitrogen functional groups attached to an aromatic ring is 1. The molecule has 0 unspecified atom stereocenters. The van der Waals surface area contributed by atoms with Crippen molar-refractivity contribution in [1.82, 2.24) is 4.98 Å². The van der Waals surface area contributed by atoms with Crippen molar-refractivity contribution in [3.63, 3.8) is 0 Å². The third-order valence-electron chi connectivity index (χ3n) is 3.22. The molecule has 0 radical (unpaired) electrons. The van der Waals surface area contributed by atoms with Crippen molar-refractivity contribution in [3.8, 4) is 5.88 Å². The molecule has 0 aliphatic rings. The average molecular weight is 344 g/mol. The van der Waals surface area contributed by atoms with Gasteiger partial charge in [-0.15, -0.1) is 0 Å². The lowest BCUT2D eigenvalue weighted by Gasteiger charge is -2.12. The van der Waals surface area contributed by atoms with Gasteiger partial charge in [0, 0.05) is 15.5 Å². The molecule has 0 aliphatic carbocycles. The summed E-state index contributed by atoms with van der Waals surface area (Å²) in [4.78, 5) is 4.35. The molecule has 3 rings (SSSR count). The zero-order valence-corrected chi connectivity index (χ0v) is 13.0. The third-order valence-corrected chi connectivity index (χ3v) is 3.91. The summed E-state index contributed by atoms with van der Waals surface area (Å²) in [5, 5.41) is 5.57. The molecule has 0 saturated heterocycles. The maximum absolute atomic E-state index is 5.78. The monoisotopic (exact) mass is 343 g/mol. The van der Waals surface area contributed by atoms with Gasteiger partial charge >= 0.3 is 0 Å². The molecule has 0 atom stereocenters. The van der Waals surface area contributed by atoms with E-state index in [-0.39, 0.29) is 0 Å². The van der Waals surface area contributed by atoms with Crippen molar-refractivity contribution >= 4 is 43.9 Å². The van der Waals surface area contributed by atoms with E-state index in [9.17, 15) is 0 Å². The minimum absolute atomic E-state index is 0.418. The summed E-state index contributed by atoms with van der Waals surface area (Å²) in [6, 6.07) is 15.8. The fourth-order valence-corrected chi connectivity index (χ4v) is 2.67. The molecule has 0 bridgehead atoms. The second-order valence-corrected chi connectivity index (χ2v) is 5.41. The van der Waals surface area contributed by atoms with Gasteiger partial charge in [-0.2, -0.15) is 4.98 Å². The number of hydrogen-bond donors (Lipinski definition) is 2. The molecule has 21 heavy (non-hydrogen) atoms. The van der Waals surface area contributed by atoms with E-state index >= 15 is 0 Å². The number of nitrogens with one attached hydrogen (secondary N) is 1. The number of benzene rings is 2. The van der Waals surface area contributed by atoms with Gasteiger partial charge in [-0.05, 0) is 29.7 Å². The van der Waals surface area contributed by atoms with Crippen molar-refractivity contribution in [2.75, 3.05) is 18.2 Å². The highest BCUT2D eigenvalue weighted by molar-refractivity contribution is 9.10. The van der Waals surface area contributed by atoms with Crippen molar-refractivity contribution < 1.29 is 4.74 Å². The first-order chi connectivity index (χ1) is 10.2. The molecule has 1 aromatic heterocycles. The van der Waals surface area contributed by atoms with Gasteiger partial charge in [-0.25, -0.2) is 0 Å². The van der Waals surface area contributed by atoms with Gasteiger partial charge in [0.1, 0.15) is 5.82 Å². The molecule has 3 aromatic rings. The van der Waals surface area contributed by atoms with E-state index in [0.717, 1.165) is 20.9 Å². The molecule has 0 spiro atoms. The molecule has 1 heterocycles. The normalized spacial score (nSPS) is 10.6. The van der Waals surface area contributed by atoms with Crippen molar-refractivity contribution in [2.24, 2.45) is 0 Å². The van der Waals surface area contributed by atoms with E-state index in [0.29, 0.717) is 17.4 Å². The van der Waals surface area contributed by atoms with E-state index in [2.05, 4.69) is 38.4 Å². The molecule has 2 aromatic carbocycles. The first-order valence-corrected chi connectivity index (χ1v) is 7.23. The maximum Gasteiger partial charge on any atom is 0.238 e. The SMILES string of the molecule is COc1nc(Nc2ccc(Br)c3ccccc23)ccc1N. The number of ether oxygens (including phenoxy) is 1. The lowest BCUT2D eigenvalue weighted by molar-refractivity contribution is 0.401. The van der Waals surface area contributed by atoms with Crippen LogP contribution in [0.3, 0.4) is 0 Å². The van der Waals surface area contributed by atoms with Gasteiger partial charge in [0.15, 0.2) is 0 Å². The Morgan fingerprint density at radius 2 is 1.81 bits per heavy atom. The highest BCUT2D eigenvalue weighted by atomic mass is 79.9. The Morgan fingerprint density at radius 1 is 1.05 bits per heavy atom. The molecule has 0 saturated carbocycles. The summed E-state index contributed by atoms with van der Waals surface area (Å²) in [6.07, 6.45) is 0. The minimum atomic E-state index is 0.418. The van der Waals surface area contributed by atoms with Crippen LogP contribution in [0.15, 0.2) is 53.0 Å². The van der Waals surface area contributed by atoms with Gasteiger partial charge in [-0.3, -0.25) is 0 Å². The number of fused-ring (bicyclic) bond motifs is 1. The number of hydrogen-bond acceptors (Lipinski definition) is 4. The van der Waals surface area contributed by atoms with Crippen LogP contribution in [0.5, 0.6) is 5.88 Å². The Labute approximate surface area is 131 Å². The predicted octanol–water partition coefficient (Wildman–Crippen LogP) is 4.33. The number of pyridine rings is 1. The van der Waals surface area contributed by atoms with Crippen LogP contribution in [0, 0.1) is 0 Å². The molecule has 5 heteroatoms. The van der Waals surface area contributed by atoms with Crippen molar-refractivity contribution in [2.45, 2.75) is 0 Å². The standard InChI is InChI=1S/C16H14BrN3O/c1-21-16-13(18)7-9-15(20-16)19-14-8-6-12(17)10-4-2-3-5-11(10)14/h2-9H,18H2,1H3,(H,19,20). The summed E-state index contributed by atoms with van der Waals surface area (Å²) in [7, 11) is 1.55. The molecule has 0 aliphatic heterocycles. The van der Waals surface area contributed by atoms with Crippen LogP contribution in [0.4, 0.5) is 17.2 Å². The fourth-order valence-electron chi connectivity index (χ4n) is 2.19. The Hall–Kier alpha value is -2.27. The average Bonchev–Trinajstić information content (AvgIpc) is 2.52. The fraction of sp³-hybridized carbons (Fsp3) is 0.0625. The first kappa shape index (κ1) is 13.7. The number of nitrogens with two attached hydrogens (primary N) is 1. The summed E-state index contributed by atoms with van der Waals surface area (Å²) in [5.74, 6) is 1.11. The molecular weight excluding hydrogens is 330 g/mol. The molecule has 4 nitrogen and oxygen atoms in total. The van der Waals surface area contributed by atoms with Crippen LogP contribution in [-0.2, 0) is 0 Å². The van der Waals surface area contributed by atoms with Crippen LogP contribution in [0.1, 0.15) is 0 Å². The predicted molar refractivity (Wildman–Crippen MR) is 90.1 cm³/mol. The van der Waals surface area contributed by atoms with E-state index in [1.54, 1.807) is 13.2 Å². The lowest BCUT2D eigenvalue weighted by atomic mass is 10.1. The molecule has 0 fully saturated rings. The number of aromatic nitrogens is 1. The zero-order valence-electron chi connectivity index (χ0n) is 11.4. The molecule has 106 valence electrons. The Balaban J connectivity index is 2.04. The summed E-state index contributed by atoms with van der Waals surface area (Å²) < 4.78 is 6.21. The Kier molecular flexibility index (Phi) is 3.66. The molecule has 0 amide bonds. The van der Waals surface area contributed by atoms with Crippen LogP contribution >= 0.6 is 15.9 Å². The highest BCUT2D eigenvalue weighted by Crippen LogP contribution is 2.32. The van der Waals surface area contributed by atoms with Crippen LogP contribution in [0.25, 0.3) is 10.8 Å². The quantitative estimate of drug-likeness (QED) is 0.742. The van der Waals surface area contributed by atoms with E-state index < -0.39 is 0 Å². The number of nitrogens with zero attached hydrogens (tertiary/aromatic N) is 1. The summed E-state index contributed by atoms with van der Waals surface area (Å²) in [5.41, 5.74) is 7.28. The highest BCUT2D eigenvalue weighted by Gasteiger charge is 2.07. The number of anilines is 3. The van der Waals surface area contributed by atoms with E-state index in [1.807, 2.05) is 30.3 Å². The number of rotatable bonds is 3. The largest absolute Gasteiger partial charge is 0.479 e. The van der Waals surface area contributed by atoms with Crippen LogP contribution in [-0.4, -0.2) is 12.1 Å². The van der Waals surface area contributed by atoms with Crippen LogP contribution in [0.2, 0.25) is 0 Å². The number of methoxy groups -OCH3 is 1. The third kappa shape index (κ3) is 2.64. The van der Waals surface area contributed by atoms with Crippen molar-refractivity contribution in [1.29, 1.82) is 0 Å². The maximum atomic E-state index is 5.78. The van der Waals surface area contributed by atoms with Crippen LogP contribution < -0.4 is 15.8 Å². The number of halogens is 1. The van der Waals surface area contributed by atoms with Gasteiger partial charge in [0.05, 0.1) is 12.8 Å². The topological polar surface area (TPSA) is 60.2 Å². The molecule has 3 N–H and O–H groups in total. The van der Waals surface area contributed by atoms with Crippen molar-refractivity contribution in [3.05, 3.63) is 53.0 Å². The minimum Gasteiger partial charge on any atom is -0.479 e. The second kappa shape index (κ2) is 5.61. The Morgan fingerprint density at radius 3 is 2.57 bits per heavy atom. The van der Waals surface area contributed by atoms with Gasteiger partial charge in [0.25, 0.3) is 0 Å². The summed E-state index contributed by atoms with van der Waals surface area (Å²) in [6.45, 7) is 0. The van der Waals surface area contributed by atoms with E-state index in [4.69, 9.17) is 10.5 Å². The molecular formula is C16H14BrN3O. The first-order valence-electron chi connectivity index (χ1n) is 6.44.